The Morgan fingerprint density at radius 2 is 1.72 bits per heavy atom. The number of hydrogen-bond acceptors (Lipinski definition) is 4. The molecule has 1 N–H and O–H groups in total. The number of thiazole rings is 1. The van der Waals surface area contributed by atoms with E-state index in [1.807, 2.05) is 0 Å². The summed E-state index contributed by atoms with van der Waals surface area (Å²) in [5.41, 5.74) is -0.789. The van der Waals surface area contributed by atoms with E-state index in [0.717, 1.165) is 36.8 Å². The van der Waals surface area contributed by atoms with Gasteiger partial charge in [0, 0.05) is 30.4 Å². The summed E-state index contributed by atoms with van der Waals surface area (Å²) in [5.74, 6) is -0.642. The van der Waals surface area contributed by atoms with Crippen molar-refractivity contribution in [3.8, 4) is 0 Å². The van der Waals surface area contributed by atoms with E-state index in [9.17, 15) is 22.8 Å². The fraction of sp³-hybridized carbons (Fsp3) is 0.522. The fourth-order valence-electron chi connectivity index (χ4n) is 4.50. The molecule has 4 rings (SSSR count). The third-order valence-electron chi connectivity index (χ3n) is 6.29. The molecule has 1 saturated heterocycles. The van der Waals surface area contributed by atoms with Crippen LogP contribution in [0.15, 0.2) is 29.6 Å². The van der Waals surface area contributed by atoms with Gasteiger partial charge in [-0.1, -0.05) is 31.4 Å². The van der Waals surface area contributed by atoms with Crippen LogP contribution in [0.5, 0.6) is 0 Å². The van der Waals surface area contributed by atoms with Gasteiger partial charge in [0.25, 0.3) is 11.8 Å². The highest BCUT2D eigenvalue weighted by Gasteiger charge is 2.36. The second-order valence-electron chi connectivity index (χ2n) is 8.49. The van der Waals surface area contributed by atoms with Gasteiger partial charge in [-0.2, -0.15) is 13.2 Å². The zero-order chi connectivity index (χ0) is 22.7. The molecule has 2 aromatic rings. The molecule has 0 radical (unpaired) electrons. The standard InChI is InChI=1S/C23H26F3N3O2S/c24-23(25,26)18-9-5-4-8-17(18)22(31)29-12-10-15(11-13-29)21-28-19(14-32-21)20(30)27-16-6-2-1-3-7-16/h4-5,8-9,14-16H,1-3,6-7,10-13H2,(H,27,30). The third-order valence-corrected chi connectivity index (χ3v) is 7.30. The lowest BCUT2D eigenvalue weighted by molar-refractivity contribution is -0.138. The second-order valence-corrected chi connectivity index (χ2v) is 9.38. The molecular weight excluding hydrogens is 439 g/mol. The van der Waals surface area contributed by atoms with Gasteiger partial charge >= 0.3 is 6.18 Å². The maximum absolute atomic E-state index is 13.3. The van der Waals surface area contributed by atoms with Gasteiger partial charge in [0.2, 0.25) is 0 Å². The Balaban J connectivity index is 1.35. The van der Waals surface area contributed by atoms with Crippen molar-refractivity contribution in [2.24, 2.45) is 0 Å². The highest BCUT2D eigenvalue weighted by Crippen LogP contribution is 2.34. The smallest absolute Gasteiger partial charge is 0.348 e. The van der Waals surface area contributed by atoms with Crippen molar-refractivity contribution in [1.82, 2.24) is 15.2 Å². The van der Waals surface area contributed by atoms with Crippen molar-refractivity contribution in [3.05, 3.63) is 51.5 Å². The van der Waals surface area contributed by atoms with Crippen LogP contribution in [-0.4, -0.2) is 40.8 Å². The van der Waals surface area contributed by atoms with E-state index >= 15 is 0 Å². The molecule has 172 valence electrons. The molecule has 1 aromatic carbocycles. The summed E-state index contributed by atoms with van der Waals surface area (Å²) in [6.45, 7) is 0.720. The minimum atomic E-state index is -4.57. The van der Waals surface area contributed by atoms with Crippen LogP contribution in [0.25, 0.3) is 0 Å². The summed E-state index contributed by atoms with van der Waals surface area (Å²) in [4.78, 5) is 31.3. The molecule has 2 heterocycles. The number of nitrogens with one attached hydrogen (secondary N) is 1. The average molecular weight is 466 g/mol. The molecule has 1 aromatic heterocycles. The maximum Gasteiger partial charge on any atom is 0.417 e. The van der Waals surface area contributed by atoms with Crippen molar-refractivity contribution < 1.29 is 22.8 Å². The van der Waals surface area contributed by atoms with Crippen molar-refractivity contribution in [2.75, 3.05) is 13.1 Å². The van der Waals surface area contributed by atoms with E-state index in [-0.39, 0.29) is 23.4 Å². The number of carbonyl (C=O) groups excluding carboxylic acids is 2. The molecule has 2 aliphatic rings. The van der Waals surface area contributed by atoms with Crippen LogP contribution in [0.3, 0.4) is 0 Å². The van der Waals surface area contributed by atoms with E-state index in [2.05, 4.69) is 10.3 Å². The summed E-state index contributed by atoms with van der Waals surface area (Å²) >= 11 is 1.43. The van der Waals surface area contributed by atoms with Crippen molar-refractivity contribution >= 4 is 23.2 Å². The first-order valence-corrected chi connectivity index (χ1v) is 11.9. The number of carbonyl (C=O) groups is 2. The van der Waals surface area contributed by atoms with Crippen LogP contribution >= 0.6 is 11.3 Å². The van der Waals surface area contributed by atoms with Crippen molar-refractivity contribution in [3.63, 3.8) is 0 Å². The summed E-state index contributed by atoms with van der Waals surface area (Å²) < 4.78 is 39.8. The number of alkyl halides is 3. The van der Waals surface area contributed by atoms with Gasteiger partial charge < -0.3 is 10.2 Å². The van der Waals surface area contributed by atoms with Gasteiger partial charge in [-0.3, -0.25) is 9.59 Å². The molecule has 0 bridgehead atoms. The van der Waals surface area contributed by atoms with Crippen LogP contribution in [-0.2, 0) is 6.18 Å². The summed E-state index contributed by atoms with van der Waals surface area (Å²) in [6.07, 6.45) is 2.15. The number of benzene rings is 1. The highest BCUT2D eigenvalue weighted by molar-refractivity contribution is 7.09. The SMILES string of the molecule is O=C(NC1CCCCC1)c1csc(C2CCN(C(=O)c3ccccc3C(F)(F)F)CC2)n1. The van der Waals surface area contributed by atoms with Gasteiger partial charge in [0.05, 0.1) is 16.1 Å². The van der Waals surface area contributed by atoms with E-state index in [1.165, 1.54) is 40.9 Å². The van der Waals surface area contributed by atoms with E-state index < -0.39 is 17.6 Å². The quantitative estimate of drug-likeness (QED) is 0.671. The fourth-order valence-corrected chi connectivity index (χ4v) is 5.47. The van der Waals surface area contributed by atoms with Gasteiger partial charge in [0.15, 0.2) is 0 Å². The van der Waals surface area contributed by atoms with Crippen molar-refractivity contribution in [2.45, 2.75) is 63.1 Å². The number of hydrogen-bond donors (Lipinski definition) is 1. The molecular formula is C23H26F3N3O2S. The maximum atomic E-state index is 13.3. The monoisotopic (exact) mass is 465 g/mol. The van der Waals surface area contributed by atoms with Crippen LogP contribution in [0.2, 0.25) is 0 Å². The lowest BCUT2D eigenvalue weighted by atomic mass is 9.95. The number of nitrogens with zero attached hydrogens (tertiary/aromatic N) is 2. The number of aromatic nitrogens is 1. The number of amides is 2. The number of rotatable bonds is 4. The Kier molecular flexibility index (Phi) is 6.83. The molecule has 1 saturated carbocycles. The van der Waals surface area contributed by atoms with Gasteiger partial charge in [-0.15, -0.1) is 11.3 Å². The van der Waals surface area contributed by atoms with E-state index in [1.54, 1.807) is 5.38 Å². The Hall–Kier alpha value is -2.42. The summed E-state index contributed by atoms with van der Waals surface area (Å²) in [6, 6.07) is 5.13. The normalized spacial score (nSPS) is 18.5. The molecule has 2 amide bonds. The van der Waals surface area contributed by atoms with Gasteiger partial charge in [-0.05, 0) is 37.8 Å². The minimum Gasteiger partial charge on any atom is -0.348 e. The largest absolute Gasteiger partial charge is 0.417 e. The average Bonchev–Trinajstić information content (AvgIpc) is 3.29. The first kappa shape index (κ1) is 22.8. The Bertz CT molecular complexity index is 961. The lowest BCUT2D eigenvalue weighted by Crippen LogP contribution is -2.38. The molecule has 1 aliphatic carbocycles. The molecule has 0 unspecified atom stereocenters. The first-order valence-electron chi connectivity index (χ1n) is 11.0. The van der Waals surface area contributed by atoms with Crippen LogP contribution in [0, 0.1) is 0 Å². The predicted octanol–water partition coefficient (Wildman–Crippen LogP) is 5.24. The zero-order valence-electron chi connectivity index (χ0n) is 17.7. The second kappa shape index (κ2) is 9.60. The molecule has 5 nitrogen and oxygen atoms in total. The van der Waals surface area contributed by atoms with Gasteiger partial charge in [0.1, 0.15) is 5.69 Å². The molecule has 2 fully saturated rings. The first-order chi connectivity index (χ1) is 15.3. The lowest BCUT2D eigenvalue weighted by Gasteiger charge is -2.31. The van der Waals surface area contributed by atoms with Crippen LogP contribution in [0.1, 0.15) is 82.3 Å². The molecule has 0 atom stereocenters. The zero-order valence-corrected chi connectivity index (χ0v) is 18.5. The number of halogens is 3. The molecule has 1 aliphatic heterocycles. The summed E-state index contributed by atoms with van der Waals surface area (Å²) in [7, 11) is 0. The Morgan fingerprint density at radius 1 is 1.03 bits per heavy atom. The Morgan fingerprint density at radius 3 is 2.41 bits per heavy atom. The van der Waals surface area contributed by atoms with E-state index in [4.69, 9.17) is 0 Å². The molecule has 9 heteroatoms. The highest BCUT2D eigenvalue weighted by atomic mass is 32.1. The summed E-state index contributed by atoms with van der Waals surface area (Å²) in [5, 5.41) is 5.69. The predicted molar refractivity (Wildman–Crippen MR) is 116 cm³/mol. The minimum absolute atomic E-state index is 0.0955. The molecule has 32 heavy (non-hydrogen) atoms. The third kappa shape index (κ3) is 5.14. The number of piperidine rings is 1. The van der Waals surface area contributed by atoms with Gasteiger partial charge in [-0.25, -0.2) is 4.98 Å². The number of likely N-dealkylation sites (tertiary alicyclic amines) is 1. The molecule has 0 spiro atoms. The van der Waals surface area contributed by atoms with Crippen molar-refractivity contribution in [1.29, 1.82) is 0 Å². The topological polar surface area (TPSA) is 62.3 Å². The van der Waals surface area contributed by atoms with E-state index in [0.29, 0.717) is 31.6 Å². The Labute approximate surface area is 189 Å². The van der Waals surface area contributed by atoms with Crippen LogP contribution in [0.4, 0.5) is 13.2 Å². The van der Waals surface area contributed by atoms with Crippen LogP contribution < -0.4 is 5.32 Å².